The van der Waals surface area contributed by atoms with Gasteiger partial charge in [0, 0.05) is 29.0 Å². The summed E-state index contributed by atoms with van der Waals surface area (Å²) < 4.78 is 6.64. The molecule has 0 amide bonds. The summed E-state index contributed by atoms with van der Waals surface area (Å²) >= 11 is 3.36. The summed E-state index contributed by atoms with van der Waals surface area (Å²) in [5, 5.41) is 3.25. The van der Waals surface area contributed by atoms with Gasteiger partial charge < -0.3 is 10.1 Å². The molecule has 5 heteroatoms. The Morgan fingerprint density at radius 1 is 1.26 bits per heavy atom. The van der Waals surface area contributed by atoms with Crippen LogP contribution in [0.5, 0.6) is 5.88 Å². The van der Waals surface area contributed by atoms with Crippen molar-refractivity contribution in [1.82, 2.24) is 9.97 Å². The van der Waals surface area contributed by atoms with Crippen LogP contribution < -0.4 is 10.1 Å². The fourth-order valence-electron chi connectivity index (χ4n) is 1.55. The van der Waals surface area contributed by atoms with Crippen molar-refractivity contribution in [1.29, 1.82) is 0 Å². The second-order valence-electron chi connectivity index (χ2n) is 4.35. The van der Waals surface area contributed by atoms with E-state index in [1.54, 1.807) is 12.4 Å². The lowest BCUT2D eigenvalue weighted by molar-refractivity contribution is 0.230. The second-order valence-corrected chi connectivity index (χ2v) is 5.27. The monoisotopic (exact) mass is 321 g/mol. The molecule has 0 aliphatic carbocycles. The Hall–Kier alpha value is -1.62. The summed E-state index contributed by atoms with van der Waals surface area (Å²) in [6.45, 7) is 4.61. The number of rotatable bonds is 5. The first-order valence-corrected chi connectivity index (χ1v) is 6.90. The highest BCUT2D eigenvalue weighted by Crippen LogP contribution is 2.18. The van der Waals surface area contributed by atoms with Gasteiger partial charge in [-0.25, -0.2) is 9.97 Å². The average Bonchev–Trinajstić information content (AvgIpc) is 2.39. The zero-order valence-electron chi connectivity index (χ0n) is 10.9. The highest BCUT2D eigenvalue weighted by atomic mass is 79.9. The maximum atomic E-state index is 5.67. The largest absolute Gasteiger partial charge is 0.475 e. The fraction of sp³-hybridized carbons (Fsp3) is 0.286. The van der Waals surface area contributed by atoms with Crippen molar-refractivity contribution in [2.75, 3.05) is 5.32 Å². The number of ether oxygens (including phenoxy) is 1. The lowest BCUT2D eigenvalue weighted by Gasteiger charge is -2.13. The molecule has 2 aromatic rings. The van der Waals surface area contributed by atoms with Gasteiger partial charge in [0.15, 0.2) is 0 Å². The Morgan fingerprint density at radius 3 is 2.79 bits per heavy atom. The van der Waals surface area contributed by atoms with E-state index in [1.165, 1.54) is 0 Å². The van der Waals surface area contributed by atoms with Crippen LogP contribution in [0.25, 0.3) is 0 Å². The van der Waals surface area contributed by atoms with Crippen molar-refractivity contribution in [3.05, 3.63) is 46.7 Å². The number of aromatic nitrogens is 2. The molecule has 100 valence electrons. The molecule has 0 unspecified atom stereocenters. The van der Waals surface area contributed by atoms with Crippen LogP contribution in [0.2, 0.25) is 0 Å². The minimum Gasteiger partial charge on any atom is -0.475 e. The molecule has 2 rings (SSSR count). The third-order valence-corrected chi connectivity index (χ3v) is 2.85. The molecule has 0 saturated carbocycles. The van der Waals surface area contributed by atoms with Gasteiger partial charge in [0.1, 0.15) is 5.82 Å². The lowest BCUT2D eigenvalue weighted by Crippen LogP contribution is -2.10. The average molecular weight is 322 g/mol. The standard InChI is InChI=1S/C14H16BrN3O/c1-10(2)19-14-11(4-3-7-16-14)8-17-13-6-5-12(15)9-18-13/h3-7,9-10H,8H2,1-2H3,(H,17,18). The molecule has 0 bridgehead atoms. The molecule has 0 spiro atoms. The molecule has 0 aromatic carbocycles. The summed E-state index contributed by atoms with van der Waals surface area (Å²) in [7, 11) is 0. The zero-order valence-corrected chi connectivity index (χ0v) is 12.5. The Morgan fingerprint density at radius 2 is 2.11 bits per heavy atom. The molecule has 1 N–H and O–H groups in total. The molecule has 0 radical (unpaired) electrons. The van der Waals surface area contributed by atoms with Crippen molar-refractivity contribution < 1.29 is 4.74 Å². The van der Waals surface area contributed by atoms with Crippen molar-refractivity contribution >= 4 is 21.7 Å². The smallest absolute Gasteiger partial charge is 0.218 e. The van der Waals surface area contributed by atoms with E-state index >= 15 is 0 Å². The molecule has 0 aliphatic heterocycles. The quantitative estimate of drug-likeness (QED) is 0.913. The van der Waals surface area contributed by atoms with E-state index in [-0.39, 0.29) is 6.10 Å². The summed E-state index contributed by atoms with van der Waals surface area (Å²) in [5.41, 5.74) is 1.01. The van der Waals surface area contributed by atoms with Gasteiger partial charge in [-0.15, -0.1) is 0 Å². The molecular formula is C14H16BrN3O. The first-order valence-electron chi connectivity index (χ1n) is 6.11. The summed E-state index contributed by atoms with van der Waals surface area (Å²) in [5.74, 6) is 1.49. The molecule has 19 heavy (non-hydrogen) atoms. The molecular weight excluding hydrogens is 306 g/mol. The van der Waals surface area contributed by atoms with Crippen LogP contribution in [0.15, 0.2) is 41.1 Å². The molecule has 0 fully saturated rings. The van der Waals surface area contributed by atoms with E-state index < -0.39 is 0 Å². The van der Waals surface area contributed by atoms with Crippen LogP contribution in [-0.2, 0) is 6.54 Å². The van der Waals surface area contributed by atoms with Crippen molar-refractivity contribution in [3.63, 3.8) is 0 Å². The van der Waals surface area contributed by atoms with Crippen LogP contribution in [0.1, 0.15) is 19.4 Å². The molecule has 0 atom stereocenters. The van der Waals surface area contributed by atoms with Crippen LogP contribution in [-0.4, -0.2) is 16.1 Å². The summed E-state index contributed by atoms with van der Waals surface area (Å²) in [6.07, 6.45) is 3.61. The van der Waals surface area contributed by atoms with Crippen molar-refractivity contribution in [2.24, 2.45) is 0 Å². The Kier molecular flexibility index (Phi) is 4.74. The minimum absolute atomic E-state index is 0.111. The number of pyridine rings is 2. The van der Waals surface area contributed by atoms with E-state index in [1.807, 2.05) is 38.1 Å². The van der Waals surface area contributed by atoms with Crippen LogP contribution in [0.3, 0.4) is 0 Å². The fourth-order valence-corrected chi connectivity index (χ4v) is 1.79. The SMILES string of the molecule is CC(C)Oc1ncccc1CNc1ccc(Br)cn1. The van der Waals surface area contributed by atoms with Crippen molar-refractivity contribution in [2.45, 2.75) is 26.5 Å². The Balaban J connectivity index is 2.04. The first kappa shape index (κ1) is 13.8. The molecule has 2 heterocycles. The lowest BCUT2D eigenvalue weighted by atomic mass is 10.2. The molecule has 2 aromatic heterocycles. The normalized spacial score (nSPS) is 10.5. The van der Waals surface area contributed by atoms with Gasteiger partial charge in [-0.1, -0.05) is 6.07 Å². The van der Waals surface area contributed by atoms with E-state index in [4.69, 9.17) is 4.74 Å². The van der Waals surface area contributed by atoms with Gasteiger partial charge in [-0.2, -0.15) is 0 Å². The number of halogens is 1. The Bertz CT molecular complexity index is 528. The predicted octanol–water partition coefficient (Wildman–Crippen LogP) is 3.64. The van der Waals surface area contributed by atoms with Gasteiger partial charge in [0.05, 0.1) is 6.10 Å². The number of hydrogen-bond donors (Lipinski definition) is 1. The van der Waals surface area contributed by atoms with Crippen LogP contribution >= 0.6 is 15.9 Å². The number of nitrogens with one attached hydrogen (secondary N) is 1. The summed E-state index contributed by atoms with van der Waals surface area (Å²) in [6, 6.07) is 7.77. The number of anilines is 1. The second kappa shape index (κ2) is 6.52. The van der Waals surface area contributed by atoms with E-state index in [2.05, 4.69) is 31.2 Å². The number of nitrogens with zero attached hydrogens (tertiary/aromatic N) is 2. The Labute approximate surface area is 121 Å². The third-order valence-electron chi connectivity index (χ3n) is 2.38. The molecule has 4 nitrogen and oxygen atoms in total. The van der Waals surface area contributed by atoms with Crippen LogP contribution in [0.4, 0.5) is 5.82 Å². The highest BCUT2D eigenvalue weighted by Gasteiger charge is 2.06. The topological polar surface area (TPSA) is 47.0 Å². The maximum Gasteiger partial charge on any atom is 0.218 e. The predicted molar refractivity (Wildman–Crippen MR) is 79.3 cm³/mol. The van der Waals surface area contributed by atoms with Gasteiger partial charge in [0.2, 0.25) is 5.88 Å². The van der Waals surface area contributed by atoms with Crippen molar-refractivity contribution in [3.8, 4) is 5.88 Å². The van der Waals surface area contributed by atoms with E-state index in [0.29, 0.717) is 12.4 Å². The highest BCUT2D eigenvalue weighted by molar-refractivity contribution is 9.10. The van der Waals surface area contributed by atoms with E-state index in [9.17, 15) is 0 Å². The minimum atomic E-state index is 0.111. The van der Waals surface area contributed by atoms with Gasteiger partial charge in [-0.3, -0.25) is 0 Å². The maximum absolute atomic E-state index is 5.67. The van der Waals surface area contributed by atoms with Gasteiger partial charge in [-0.05, 0) is 48.0 Å². The van der Waals surface area contributed by atoms with Crippen LogP contribution in [0, 0.1) is 0 Å². The zero-order chi connectivity index (χ0) is 13.7. The third kappa shape index (κ3) is 4.21. The molecule has 0 aliphatic rings. The first-order chi connectivity index (χ1) is 9.15. The van der Waals surface area contributed by atoms with Gasteiger partial charge >= 0.3 is 0 Å². The summed E-state index contributed by atoms with van der Waals surface area (Å²) in [4.78, 5) is 8.52. The van der Waals surface area contributed by atoms with E-state index in [0.717, 1.165) is 15.9 Å². The van der Waals surface area contributed by atoms with Gasteiger partial charge in [0.25, 0.3) is 0 Å². The number of hydrogen-bond acceptors (Lipinski definition) is 4. The molecule has 0 saturated heterocycles.